The van der Waals surface area contributed by atoms with E-state index in [-0.39, 0.29) is 51.0 Å². The molecular weight excluding hydrogens is 553 g/mol. The number of hydrogen-bond donors (Lipinski definition) is 0. The number of nitrogens with zero attached hydrogens (tertiary/aromatic N) is 1. The van der Waals surface area contributed by atoms with Crippen LogP contribution in [0.4, 0.5) is 0 Å². The third-order valence-corrected chi connectivity index (χ3v) is 10.7. The SMILES string of the molecule is CC1=C2C3=CC=NC3=C1[Si]2(C)C.Cc1cc2c(-c3ccc(C(C)C)cc3)cccc2[cH-]1.[Cl-].[Cl-].[Zr+3]. The second-order valence-corrected chi connectivity index (χ2v) is 14.1. The maximum absolute atomic E-state index is 4.42. The van der Waals surface area contributed by atoms with Gasteiger partial charge < -0.3 is 24.8 Å². The third kappa shape index (κ3) is 4.58. The Morgan fingerprint density at radius 3 is 2.18 bits per heavy atom. The summed E-state index contributed by atoms with van der Waals surface area (Å²) in [6.45, 7) is 13.7. The van der Waals surface area contributed by atoms with Crippen molar-refractivity contribution < 1.29 is 51.0 Å². The molecule has 3 aromatic rings. The van der Waals surface area contributed by atoms with Crippen molar-refractivity contribution in [2.75, 3.05) is 0 Å². The molecule has 1 nitrogen and oxygen atoms in total. The van der Waals surface area contributed by atoms with Crippen LogP contribution in [0.1, 0.15) is 37.8 Å². The van der Waals surface area contributed by atoms with Gasteiger partial charge in [0.15, 0.2) is 0 Å². The van der Waals surface area contributed by atoms with Crippen LogP contribution >= 0.6 is 0 Å². The molecule has 0 saturated carbocycles. The molecule has 4 aliphatic rings. The van der Waals surface area contributed by atoms with E-state index in [0.717, 1.165) is 0 Å². The van der Waals surface area contributed by atoms with Gasteiger partial charge >= 0.3 is 26.2 Å². The van der Waals surface area contributed by atoms with Crippen LogP contribution < -0.4 is 24.8 Å². The molecule has 1 radical (unpaired) electrons. The fourth-order valence-electron chi connectivity index (χ4n) is 5.56. The first kappa shape index (κ1) is 28.9. The Balaban J connectivity index is 0.000000238. The van der Waals surface area contributed by atoms with Gasteiger partial charge in [0.1, 0.15) is 8.07 Å². The zero-order valence-electron chi connectivity index (χ0n) is 20.6. The van der Waals surface area contributed by atoms with Gasteiger partial charge in [-0.3, -0.25) is 4.99 Å². The van der Waals surface area contributed by atoms with Crippen LogP contribution in [0.25, 0.3) is 21.9 Å². The van der Waals surface area contributed by atoms with Crippen molar-refractivity contribution in [3.05, 3.63) is 99.0 Å². The number of hydrogen-bond acceptors (Lipinski definition) is 1. The van der Waals surface area contributed by atoms with Gasteiger partial charge in [-0.15, -0.1) is 34.5 Å². The van der Waals surface area contributed by atoms with E-state index in [2.05, 4.69) is 106 Å². The fraction of sp³-hybridized carbons (Fsp3) is 0.241. The standard InChI is InChI=1S/C19H19.C10H11NSi.2ClH.Zr/c1-13(2)15-7-9-16(10-8-15)18-6-4-5-17-11-14(3)12-19(17)18;1-6-9-7-4-5-11-8(7)10(6)12(9,2)3;;;/h4-13H,1-3H3;4-5H,1-3H3;2*1H;/q-1;;;;+3/p-2. The quantitative estimate of drug-likeness (QED) is 0.324. The smallest absolute Gasteiger partial charge is 1.00 e. The number of aliphatic imine (C=N–C) groups is 1. The molecule has 0 saturated heterocycles. The number of benzene rings is 2. The molecule has 34 heavy (non-hydrogen) atoms. The normalized spacial score (nSPS) is 16.1. The molecule has 2 bridgehead atoms. The Hall–Kier alpha value is -1.38. The number of halogens is 2. The van der Waals surface area contributed by atoms with E-state index in [4.69, 9.17) is 0 Å². The summed E-state index contributed by atoms with van der Waals surface area (Å²) in [7, 11) is -1.13. The van der Waals surface area contributed by atoms with E-state index in [1.807, 2.05) is 6.21 Å². The molecule has 0 aromatic heterocycles. The van der Waals surface area contributed by atoms with Crippen LogP contribution in [-0.4, -0.2) is 14.3 Å². The second-order valence-electron chi connectivity index (χ2n) is 9.82. The van der Waals surface area contributed by atoms with Crippen molar-refractivity contribution in [3.8, 4) is 11.1 Å². The summed E-state index contributed by atoms with van der Waals surface area (Å²) < 4.78 is 0. The minimum absolute atomic E-state index is 0. The molecule has 0 unspecified atom stereocenters. The van der Waals surface area contributed by atoms with E-state index in [1.54, 1.807) is 10.4 Å². The predicted octanol–water partition coefficient (Wildman–Crippen LogP) is 2.04. The Kier molecular flexibility index (Phi) is 9.09. The first-order valence-electron chi connectivity index (χ1n) is 11.3. The molecule has 0 N–H and O–H groups in total. The molecule has 1 aliphatic carbocycles. The van der Waals surface area contributed by atoms with Crippen molar-refractivity contribution in [3.63, 3.8) is 0 Å². The number of rotatable bonds is 2. The molecule has 3 heterocycles. The van der Waals surface area contributed by atoms with Crippen LogP contribution in [0, 0.1) is 6.92 Å². The summed E-state index contributed by atoms with van der Waals surface area (Å²) in [5, 5.41) is 5.96. The van der Waals surface area contributed by atoms with Crippen molar-refractivity contribution >= 4 is 25.1 Å². The number of aryl methyl sites for hydroxylation is 1. The Morgan fingerprint density at radius 1 is 0.912 bits per heavy atom. The maximum atomic E-state index is 4.42. The summed E-state index contributed by atoms with van der Waals surface area (Å²) >= 11 is 0. The molecule has 173 valence electrons. The molecular formula is C29H30Cl2NSiZr. The molecule has 5 heteroatoms. The van der Waals surface area contributed by atoms with E-state index >= 15 is 0 Å². The van der Waals surface area contributed by atoms with Crippen molar-refractivity contribution in [1.29, 1.82) is 0 Å². The molecule has 0 amide bonds. The average Bonchev–Trinajstić information content (AvgIpc) is 3.44. The Morgan fingerprint density at radius 2 is 1.59 bits per heavy atom. The summed E-state index contributed by atoms with van der Waals surface area (Å²) in [5.74, 6) is 0.589. The van der Waals surface area contributed by atoms with Gasteiger partial charge in [-0.1, -0.05) is 69.8 Å². The van der Waals surface area contributed by atoms with Crippen LogP contribution in [0.3, 0.4) is 0 Å². The topological polar surface area (TPSA) is 12.4 Å². The minimum Gasteiger partial charge on any atom is -1.00 e. The van der Waals surface area contributed by atoms with E-state index in [0.29, 0.717) is 5.92 Å². The monoisotopic (exact) mass is 580 g/mol. The average molecular weight is 583 g/mol. The van der Waals surface area contributed by atoms with Gasteiger partial charge in [0, 0.05) is 11.8 Å². The predicted molar refractivity (Wildman–Crippen MR) is 138 cm³/mol. The van der Waals surface area contributed by atoms with Crippen LogP contribution in [0.5, 0.6) is 0 Å². The molecule has 3 aromatic carbocycles. The van der Waals surface area contributed by atoms with Gasteiger partial charge in [0.2, 0.25) is 0 Å². The molecule has 0 spiro atoms. The van der Waals surface area contributed by atoms with Gasteiger partial charge in [-0.05, 0) is 46.0 Å². The largest absolute Gasteiger partial charge is 3.00 e. The third-order valence-electron chi connectivity index (χ3n) is 6.99. The molecule has 3 aliphatic heterocycles. The van der Waals surface area contributed by atoms with Crippen LogP contribution in [0.2, 0.25) is 13.1 Å². The van der Waals surface area contributed by atoms with E-state index < -0.39 is 8.07 Å². The van der Waals surface area contributed by atoms with Crippen molar-refractivity contribution in [1.82, 2.24) is 0 Å². The summed E-state index contributed by atoms with van der Waals surface area (Å²) in [6, 6.07) is 20.1. The second kappa shape index (κ2) is 10.7. The molecule has 0 atom stereocenters. The fourth-order valence-corrected chi connectivity index (χ4v) is 9.41. The van der Waals surface area contributed by atoms with Crippen LogP contribution in [-0.2, 0) is 26.2 Å². The first-order valence-corrected chi connectivity index (χ1v) is 14.3. The number of allylic oxidation sites excluding steroid dienone is 4. The molecule has 7 rings (SSSR count). The van der Waals surface area contributed by atoms with Gasteiger partial charge in [0.05, 0.1) is 5.70 Å². The Bertz CT molecular complexity index is 1340. The van der Waals surface area contributed by atoms with Gasteiger partial charge in [0.25, 0.3) is 0 Å². The van der Waals surface area contributed by atoms with Gasteiger partial charge in [-0.2, -0.15) is 6.07 Å². The first-order chi connectivity index (χ1) is 14.8. The summed E-state index contributed by atoms with van der Waals surface area (Å²) in [6.07, 6.45) is 4.10. The number of fused-ring (bicyclic) bond motifs is 1. The zero-order chi connectivity index (χ0) is 21.9. The zero-order valence-corrected chi connectivity index (χ0v) is 25.6. The van der Waals surface area contributed by atoms with E-state index in [9.17, 15) is 0 Å². The minimum atomic E-state index is -1.13. The van der Waals surface area contributed by atoms with Crippen LogP contribution in [0.15, 0.2) is 92.9 Å². The summed E-state index contributed by atoms with van der Waals surface area (Å²) in [4.78, 5) is 4.42. The Labute approximate surface area is 236 Å². The van der Waals surface area contributed by atoms with Crippen molar-refractivity contribution in [2.45, 2.75) is 46.7 Å². The van der Waals surface area contributed by atoms with E-state index in [1.165, 1.54) is 49.9 Å². The maximum Gasteiger partial charge on any atom is 3.00 e. The summed E-state index contributed by atoms with van der Waals surface area (Å²) in [5.41, 5.74) is 9.65. The van der Waals surface area contributed by atoms with Crippen molar-refractivity contribution in [2.24, 2.45) is 4.99 Å². The molecule has 0 fully saturated rings. The van der Waals surface area contributed by atoms with Gasteiger partial charge in [-0.25, -0.2) is 0 Å².